The number of hydrogen-bond donors (Lipinski definition) is 0. The fourth-order valence-electron chi connectivity index (χ4n) is 1.31. The summed E-state index contributed by atoms with van der Waals surface area (Å²) < 4.78 is 62.1. The maximum Gasteiger partial charge on any atom is 0.534 e. The largest absolute Gasteiger partial charge is 0.534 e. The molecule has 0 saturated carbocycles. The zero-order chi connectivity index (χ0) is 15.8. The van der Waals surface area contributed by atoms with Crippen molar-refractivity contribution >= 4 is 27.0 Å². The van der Waals surface area contributed by atoms with Gasteiger partial charge in [-0.05, 0) is 17.1 Å². The molecule has 21 heavy (non-hydrogen) atoms. The lowest BCUT2D eigenvalue weighted by Crippen LogP contribution is -2.28. The molecule has 0 radical (unpaired) electrons. The van der Waals surface area contributed by atoms with E-state index in [1.165, 1.54) is 6.07 Å². The molecule has 0 aliphatic heterocycles. The van der Waals surface area contributed by atoms with E-state index < -0.39 is 32.2 Å². The minimum Gasteiger partial charge on any atom is -0.390 e. The second-order valence-electron chi connectivity index (χ2n) is 3.63. The first-order valence-electron chi connectivity index (χ1n) is 5.02. The Labute approximate surface area is 114 Å². The number of rotatable bonds is 3. The van der Waals surface area contributed by atoms with Gasteiger partial charge in [0.25, 0.3) is 0 Å². The third kappa shape index (κ3) is 2.99. The van der Waals surface area contributed by atoms with E-state index >= 15 is 0 Å². The fourth-order valence-corrected chi connectivity index (χ4v) is 1.76. The van der Waals surface area contributed by atoms with Gasteiger partial charge < -0.3 is 14.3 Å². The van der Waals surface area contributed by atoms with Gasteiger partial charge >= 0.3 is 21.6 Å². The van der Waals surface area contributed by atoms with Crippen LogP contribution in [-0.4, -0.2) is 28.8 Å². The average molecular weight is 323 g/mol. The Morgan fingerprint density at radius 3 is 2.52 bits per heavy atom. The number of benzene rings is 1. The van der Waals surface area contributed by atoms with Crippen molar-refractivity contribution in [2.24, 2.45) is 0 Å². The van der Waals surface area contributed by atoms with Crippen molar-refractivity contribution in [1.82, 2.24) is 9.97 Å². The Kier molecular flexibility index (Phi) is 3.41. The quantitative estimate of drug-likeness (QED) is 0.366. The van der Waals surface area contributed by atoms with E-state index in [0.29, 0.717) is 0 Å². The van der Waals surface area contributed by atoms with Crippen molar-refractivity contribution in [1.29, 1.82) is 0 Å². The van der Waals surface area contributed by atoms with Crippen LogP contribution in [0, 0.1) is 10.1 Å². The van der Waals surface area contributed by atoms with E-state index in [1.54, 1.807) is 0 Å². The van der Waals surface area contributed by atoms with Crippen LogP contribution in [0.3, 0.4) is 0 Å². The molecule has 0 amide bonds. The molecule has 12 heteroatoms. The highest BCUT2D eigenvalue weighted by Gasteiger charge is 2.48. The molecule has 0 saturated heterocycles. The molecule has 1 aromatic heterocycles. The summed E-state index contributed by atoms with van der Waals surface area (Å²) in [7, 11) is -5.82. The van der Waals surface area contributed by atoms with E-state index in [0.717, 1.165) is 18.3 Å². The van der Waals surface area contributed by atoms with Gasteiger partial charge in [-0.25, -0.2) is 0 Å². The van der Waals surface area contributed by atoms with Crippen LogP contribution >= 0.6 is 0 Å². The van der Waals surface area contributed by atoms with Gasteiger partial charge in [-0.2, -0.15) is 21.6 Å². The van der Waals surface area contributed by atoms with Crippen LogP contribution in [-0.2, 0) is 10.1 Å². The van der Waals surface area contributed by atoms with Gasteiger partial charge in [-0.15, -0.1) is 0 Å². The summed E-state index contributed by atoms with van der Waals surface area (Å²) in [5, 5.41) is 10.8. The number of nitro groups is 1. The van der Waals surface area contributed by atoms with Gasteiger partial charge in [0, 0.05) is 6.07 Å². The van der Waals surface area contributed by atoms with Crippen LogP contribution < -0.4 is 4.18 Å². The number of alkyl halides is 3. The molecular formula is C9H4F3N3O5S. The molecule has 0 bridgehead atoms. The van der Waals surface area contributed by atoms with Gasteiger partial charge in [0.05, 0.1) is 5.39 Å². The lowest BCUT2D eigenvalue weighted by atomic mass is 10.2. The zero-order valence-corrected chi connectivity index (χ0v) is 10.6. The highest BCUT2D eigenvalue weighted by atomic mass is 32.2. The molecule has 1 heterocycles. The highest BCUT2D eigenvalue weighted by Crippen LogP contribution is 2.28. The van der Waals surface area contributed by atoms with Crippen LogP contribution in [0.1, 0.15) is 0 Å². The first kappa shape index (κ1) is 14.9. The van der Waals surface area contributed by atoms with Crippen molar-refractivity contribution in [2.75, 3.05) is 0 Å². The van der Waals surface area contributed by atoms with E-state index in [-0.39, 0.29) is 10.9 Å². The minimum absolute atomic E-state index is 0.133. The summed E-state index contributed by atoms with van der Waals surface area (Å²) in [6.07, 6.45) is 1.07. The number of nitrogens with zero attached hydrogens (tertiary/aromatic N) is 3. The predicted octanol–water partition coefficient (Wildman–Crippen LogP) is 1.77. The lowest BCUT2D eigenvalue weighted by molar-refractivity contribution is -0.394. The molecule has 2 rings (SSSR count). The monoisotopic (exact) mass is 323 g/mol. The molecule has 0 atom stereocenters. The maximum absolute atomic E-state index is 12.2. The molecule has 0 fully saturated rings. The number of aromatic nitrogens is 2. The Bertz CT molecular complexity index is 821. The first-order valence-corrected chi connectivity index (χ1v) is 6.43. The van der Waals surface area contributed by atoms with Gasteiger partial charge in [-0.3, -0.25) is 0 Å². The van der Waals surface area contributed by atoms with Gasteiger partial charge in [-0.1, -0.05) is 9.97 Å². The molecule has 0 aliphatic rings. The van der Waals surface area contributed by atoms with Gasteiger partial charge in [0.1, 0.15) is 11.9 Å². The third-order valence-electron chi connectivity index (χ3n) is 2.19. The predicted molar refractivity (Wildman–Crippen MR) is 61.8 cm³/mol. The summed E-state index contributed by atoms with van der Waals surface area (Å²) in [6, 6.07) is 2.94. The summed E-state index contributed by atoms with van der Waals surface area (Å²) in [5.74, 6) is -1.45. The summed E-state index contributed by atoms with van der Waals surface area (Å²) in [4.78, 5) is 16.5. The Balaban J connectivity index is 2.45. The molecule has 0 aliphatic carbocycles. The summed E-state index contributed by atoms with van der Waals surface area (Å²) in [5.41, 5.74) is -5.72. The highest BCUT2D eigenvalue weighted by molar-refractivity contribution is 7.88. The molecule has 2 aromatic rings. The molecule has 0 spiro atoms. The fraction of sp³-hybridized carbons (Fsp3) is 0.111. The van der Waals surface area contributed by atoms with Crippen molar-refractivity contribution in [3.05, 3.63) is 34.5 Å². The molecule has 112 valence electrons. The van der Waals surface area contributed by atoms with Crippen LogP contribution in [0.2, 0.25) is 0 Å². The smallest absolute Gasteiger partial charge is 0.390 e. The number of hydrogen-bond acceptors (Lipinski definition) is 7. The minimum atomic E-state index is -5.82. The third-order valence-corrected chi connectivity index (χ3v) is 3.17. The Hall–Kier alpha value is -2.50. The van der Waals surface area contributed by atoms with Gasteiger partial charge in [0.2, 0.25) is 0 Å². The van der Waals surface area contributed by atoms with Crippen LogP contribution in [0.4, 0.5) is 19.1 Å². The van der Waals surface area contributed by atoms with E-state index in [2.05, 4.69) is 14.2 Å². The van der Waals surface area contributed by atoms with Crippen molar-refractivity contribution in [3.63, 3.8) is 0 Å². The van der Waals surface area contributed by atoms with Crippen molar-refractivity contribution < 1.29 is 30.7 Å². The molecule has 0 unspecified atom stereocenters. The molecule has 1 aromatic carbocycles. The summed E-state index contributed by atoms with van der Waals surface area (Å²) in [6.45, 7) is 0. The van der Waals surface area contributed by atoms with Crippen LogP contribution in [0.15, 0.2) is 24.4 Å². The SMILES string of the molecule is O=[N+]([O-])c1ncc2ccc(OS(=O)(=O)C(F)(F)F)cc2n1. The zero-order valence-electron chi connectivity index (χ0n) is 9.73. The average Bonchev–Trinajstić information content (AvgIpc) is 2.36. The second-order valence-corrected chi connectivity index (χ2v) is 5.17. The number of halogens is 3. The van der Waals surface area contributed by atoms with Crippen molar-refractivity contribution in [3.8, 4) is 5.75 Å². The molecular weight excluding hydrogens is 319 g/mol. The maximum atomic E-state index is 12.2. The second kappa shape index (κ2) is 4.80. The normalized spacial score (nSPS) is 12.3. The van der Waals surface area contributed by atoms with Crippen LogP contribution in [0.5, 0.6) is 5.75 Å². The standard InChI is InChI=1S/C9H4F3N3O5S/c10-9(11,12)21(18,19)20-6-2-1-5-4-13-8(15(16)17)14-7(5)3-6/h1-4H. The van der Waals surface area contributed by atoms with Gasteiger partial charge in [0.15, 0.2) is 5.52 Å². The lowest BCUT2D eigenvalue weighted by Gasteiger charge is -2.09. The Morgan fingerprint density at radius 1 is 1.29 bits per heavy atom. The van der Waals surface area contributed by atoms with Crippen molar-refractivity contribution in [2.45, 2.75) is 5.51 Å². The van der Waals surface area contributed by atoms with E-state index in [9.17, 15) is 31.7 Å². The Morgan fingerprint density at radius 2 is 1.95 bits per heavy atom. The van der Waals surface area contributed by atoms with E-state index in [1.807, 2.05) is 0 Å². The number of fused-ring (bicyclic) bond motifs is 1. The first-order chi connectivity index (χ1) is 9.60. The van der Waals surface area contributed by atoms with E-state index in [4.69, 9.17) is 0 Å². The topological polar surface area (TPSA) is 112 Å². The molecule has 8 nitrogen and oxygen atoms in total. The molecule has 0 N–H and O–H groups in total. The van der Waals surface area contributed by atoms with Crippen LogP contribution in [0.25, 0.3) is 10.9 Å². The summed E-state index contributed by atoms with van der Waals surface area (Å²) >= 11 is 0.